The number of ether oxygens (including phenoxy) is 1. The number of piperazine rings is 1. The van der Waals surface area contributed by atoms with Crippen molar-refractivity contribution in [2.45, 2.75) is 12.6 Å². The largest absolute Gasteiger partial charge is 0.488 e. The molecule has 1 aromatic heterocycles. The second-order valence-electron chi connectivity index (χ2n) is 7.94. The van der Waals surface area contributed by atoms with Crippen LogP contribution >= 0.6 is 11.3 Å². The Balaban J connectivity index is 1.43. The fourth-order valence-corrected chi connectivity index (χ4v) is 4.34. The highest BCUT2D eigenvalue weighted by atomic mass is 32.1. The van der Waals surface area contributed by atoms with Crippen molar-refractivity contribution in [2.75, 3.05) is 39.8 Å². The van der Waals surface area contributed by atoms with Crippen molar-refractivity contribution in [3.8, 4) is 5.75 Å². The molecule has 1 atom stereocenters. The Morgan fingerprint density at radius 1 is 1.03 bits per heavy atom. The normalized spacial score (nSPS) is 16.0. The molecule has 4 rings (SSSR count). The molecule has 1 aliphatic heterocycles. The minimum absolute atomic E-state index is 0.0622. The van der Waals surface area contributed by atoms with Gasteiger partial charge < -0.3 is 15.0 Å². The van der Waals surface area contributed by atoms with Crippen LogP contribution in [-0.2, 0) is 6.61 Å². The van der Waals surface area contributed by atoms with Crippen molar-refractivity contribution in [1.82, 2.24) is 15.1 Å². The first-order valence-electron chi connectivity index (χ1n) is 10.7. The Bertz CT molecular complexity index is 954. The molecule has 2 aromatic carbocycles. The smallest absolute Gasteiger partial charge is 0.251 e. The number of carbonyl (C=O) groups is 1. The topological polar surface area (TPSA) is 44.8 Å². The van der Waals surface area contributed by atoms with Gasteiger partial charge in [0.15, 0.2) is 0 Å². The average molecular weight is 436 g/mol. The average Bonchev–Trinajstić information content (AvgIpc) is 3.33. The Hall–Kier alpha value is -2.67. The highest BCUT2D eigenvalue weighted by Gasteiger charge is 2.22. The molecule has 3 aromatic rings. The van der Waals surface area contributed by atoms with E-state index in [2.05, 4.69) is 34.3 Å². The van der Waals surface area contributed by atoms with Gasteiger partial charge in [0.1, 0.15) is 12.4 Å². The van der Waals surface area contributed by atoms with E-state index >= 15 is 0 Å². The number of hydrogen-bond donors (Lipinski definition) is 1. The second-order valence-corrected chi connectivity index (χ2v) is 8.97. The molecule has 1 unspecified atom stereocenters. The van der Waals surface area contributed by atoms with Crippen LogP contribution in [0.1, 0.15) is 26.8 Å². The van der Waals surface area contributed by atoms with Crippen molar-refractivity contribution >= 4 is 17.2 Å². The standard InChI is InChI=1S/C25H29N3O2S/c1-27-12-14-28(15-13-27)18-24(20-7-3-2-4-8-20)26-25(29)21-9-5-10-22(17-21)30-19-23-11-6-16-31-23/h2-11,16-17,24H,12-15,18-19H2,1H3,(H,26,29). The monoisotopic (exact) mass is 435 g/mol. The third-order valence-corrected chi connectivity index (χ3v) is 6.45. The van der Waals surface area contributed by atoms with Gasteiger partial charge in [0.2, 0.25) is 0 Å². The molecule has 0 saturated carbocycles. The van der Waals surface area contributed by atoms with Gasteiger partial charge in [-0.1, -0.05) is 42.5 Å². The summed E-state index contributed by atoms with van der Waals surface area (Å²) in [5.41, 5.74) is 1.74. The minimum atomic E-state index is -0.0791. The number of thiophene rings is 1. The van der Waals surface area contributed by atoms with Crippen molar-refractivity contribution in [1.29, 1.82) is 0 Å². The van der Waals surface area contributed by atoms with Crippen LogP contribution in [0.5, 0.6) is 5.75 Å². The molecule has 31 heavy (non-hydrogen) atoms. The summed E-state index contributed by atoms with van der Waals surface area (Å²) in [6, 6.07) is 21.6. The lowest BCUT2D eigenvalue weighted by Crippen LogP contribution is -2.47. The summed E-state index contributed by atoms with van der Waals surface area (Å²) in [5, 5.41) is 5.29. The molecule has 0 aliphatic carbocycles. The van der Waals surface area contributed by atoms with Crippen molar-refractivity contribution < 1.29 is 9.53 Å². The summed E-state index contributed by atoms with van der Waals surface area (Å²) < 4.78 is 5.88. The molecule has 0 radical (unpaired) electrons. The third kappa shape index (κ3) is 6.17. The van der Waals surface area contributed by atoms with E-state index in [0.29, 0.717) is 17.9 Å². The van der Waals surface area contributed by atoms with E-state index in [1.165, 1.54) is 0 Å². The zero-order valence-electron chi connectivity index (χ0n) is 17.9. The maximum absolute atomic E-state index is 13.1. The van der Waals surface area contributed by atoms with Gasteiger partial charge in [-0.05, 0) is 42.3 Å². The van der Waals surface area contributed by atoms with Crippen LogP contribution in [0.2, 0.25) is 0 Å². The first kappa shape index (κ1) is 21.6. The van der Waals surface area contributed by atoms with Gasteiger partial charge in [-0.2, -0.15) is 0 Å². The Kier molecular flexibility index (Phi) is 7.35. The number of benzene rings is 2. The summed E-state index contributed by atoms with van der Waals surface area (Å²) in [6.07, 6.45) is 0. The fraction of sp³-hybridized carbons (Fsp3) is 0.320. The van der Waals surface area contributed by atoms with Gasteiger partial charge in [0.05, 0.1) is 6.04 Å². The van der Waals surface area contributed by atoms with E-state index in [1.807, 2.05) is 60.0 Å². The zero-order valence-corrected chi connectivity index (χ0v) is 18.7. The molecular weight excluding hydrogens is 406 g/mol. The van der Waals surface area contributed by atoms with Gasteiger partial charge in [0.25, 0.3) is 5.91 Å². The molecule has 1 N–H and O–H groups in total. The van der Waals surface area contributed by atoms with Crippen LogP contribution in [0.4, 0.5) is 0 Å². The summed E-state index contributed by atoms with van der Waals surface area (Å²) in [4.78, 5) is 19.0. The lowest BCUT2D eigenvalue weighted by Gasteiger charge is -2.35. The third-order valence-electron chi connectivity index (χ3n) is 5.60. The number of carbonyl (C=O) groups excluding carboxylic acids is 1. The maximum atomic E-state index is 13.1. The summed E-state index contributed by atoms with van der Waals surface area (Å²) in [7, 11) is 2.15. The van der Waals surface area contributed by atoms with Gasteiger partial charge in [-0.25, -0.2) is 0 Å². The predicted molar refractivity (Wildman–Crippen MR) is 126 cm³/mol. The van der Waals surface area contributed by atoms with Gasteiger partial charge in [-0.3, -0.25) is 9.69 Å². The van der Waals surface area contributed by atoms with Crippen LogP contribution in [-0.4, -0.2) is 55.5 Å². The Morgan fingerprint density at radius 2 is 1.84 bits per heavy atom. The molecule has 162 valence electrons. The van der Waals surface area contributed by atoms with Crippen molar-refractivity contribution in [2.24, 2.45) is 0 Å². The highest BCUT2D eigenvalue weighted by molar-refractivity contribution is 7.09. The molecule has 1 aliphatic rings. The van der Waals surface area contributed by atoms with E-state index in [4.69, 9.17) is 4.74 Å². The quantitative estimate of drug-likeness (QED) is 0.580. The van der Waals surface area contributed by atoms with Crippen LogP contribution in [0, 0.1) is 0 Å². The molecule has 0 spiro atoms. The lowest BCUT2D eigenvalue weighted by molar-refractivity contribution is 0.0906. The second kappa shape index (κ2) is 10.6. The SMILES string of the molecule is CN1CCN(CC(NC(=O)c2cccc(OCc3cccs3)c2)c2ccccc2)CC1. The molecule has 1 amide bonds. The van der Waals surface area contributed by atoms with E-state index in [1.54, 1.807) is 11.3 Å². The molecule has 1 fully saturated rings. The van der Waals surface area contributed by atoms with Crippen molar-refractivity contribution in [3.63, 3.8) is 0 Å². The Morgan fingerprint density at radius 3 is 2.58 bits per heavy atom. The molecule has 5 nitrogen and oxygen atoms in total. The van der Waals surface area contributed by atoms with E-state index < -0.39 is 0 Å². The maximum Gasteiger partial charge on any atom is 0.251 e. The number of nitrogens with one attached hydrogen (secondary N) is 1. The fourth-order valence-electron chi connectivity index (χ4n) is 3.73. The van der Waals surface area contributed by atoms with Gasteiger partial charge in [0, 0.05) is 43.2 Å². The first-order valence-corrected chi connectivity index (χ1v) is 11.6. The van der Waals surface area contributed by atoms with E-state index in [-0.39, 0.29) is 11.9 Å². The molecule has 1 saturated heterocycles. The van der Waals surface area contributed by atoms with E-state index in [9.17, 15) is 4.79 Å². The van der Waals surface area contributed by atoms with Crippen LogP contribution in [0.25, 0.3) is 0 Å². The highest BCUT2D eigenvalue weighted by Crippen LogP contribution is 2.20. The summed E-state index contributed by atoms with van der Waals surface area (Å²) >= 11 is 1.66. The molecule has 6 heteroatoms. The molecular formula is C25H29N3O2S. The minimum Gasteiger partial charge on any atom is -0.488 e. The lowest BCUT2D eigenvalue weighted by atomic mass is 10.0. The van der Waals surface area contributed by atoms with Crippen molar-refractivity contribution in [3.05, 3.63) is 88.1 Å². The van der Waals surface area contributed by atoms with Gasteiger partial charge in [-0.15, -0.1) is 11.3 Å². The first-order chi connectivity index (χ1) is 15.2. The molecule has 2 heterocycles. The van der Waals surface area contributed by atoms with E-state index in [0.717, 1.165) is 43.2 Å². The number of likely N-dealkylation sites (N-methyl/N-ethyl adjacent to an activating group) is 1. The van der Waals surface area contributed by atoms with Crippen LogP contribution in [0.3, 0.4) is 0 Å². The molecule has 0 bridgehead atoms. The number of hydrogen-bond acceptors (Lipinski definition) is 5. The Labute approximate surface area is 188 Å². The van der Waals surface area contributed by atoms with Crippen LogP contribution in [0.15, 0.2) is 72.1 Å². The number of amides is 1. The number of rotatable bonds is 8. The predicted octanol–water partition coefficient (Wildman–Crippen LogP) is 4.05. The zero-order chi connectivity index (χ0) is 21.5. The van der Waals surface area contributed by atoms with Gasteiger partial charge >= 0.3 is 0 Å². The summed E-state index contributed by atoms with van der Waals surface area (Å²) in [6.45, 7) is 5.46. The van der Waals surface area contributed by atoms with Crippen LogP contribution < -0.4 is 10.1 Å². The number of nitrogens with zero attached hydrogens (tertiary/aromatic N) is 2. The summed E-state index contributed by atoms with van der Waals surface area (Å²) in [5.74, 6) is 0.626.